The third-order valence-electron chi connectivity index (χ3n) is 4.91. The third-order valence-corrected chi connectivity index (χ3v) is 6.29. The lowest BCUT2D eigenvalue weighted by Gasteiger charge is -2.16. The van der Waals surface area contributed by atoms with E-state index in [0.29, 0.717) is 22.9 Å². The molecule has 2 N–H and O–H groups in total. The number of methoxy groups -OCH3 is 1. The van der Waals surface area contributed by atoms with Gasteiger partial charge in [-0.25, -0.2) is 8.42 Å². The molecule has 0 spiro atoms. The maximum atomic E-state index is 12.8. The van der Waals surface area contributed by atoms with Crippen molar-refractivity contribution in [3.8, 4) is 11.5 Å². The van der Waals surface area contributed by atoms with E-state index in [0.717, 1.165) is 16.7 Å². The monoisotopic (exact) mass is 468 g/mol. The lowest BCUT2D eigenvalue weighted by Crippen LogP contribution is -2.30. The van der Waals surface area contributed by atoms with E-state index in [4.69, 9.17) is 9.47 Å². The molecule has 0 aliphatic heterocycles. The summed E-state index contributed by atoms with van der Waals surface area (Å²) in [4.78, 5) is 12.6. The van der Waals surface area contributed by atoms with Crippen molar-refractivity contribution in [1.82, 2.24) is 0 Å². The predicted octanol–water partition coefficient (Wildman–Crippen LogP) is 4.83. The number of benzene rings is 3. The van der Waals surface area contributed by atoms with Gasteiger partial charge in [-0.3, -0.25) is 9.52 Å². The minimum atomic E-state index is -3.84. The zero-order chi connectivity index (χ0) is 24.2. The van der Waals surface area contributed by atoms with Gasteiger partial charge in [0.1, 0.15) is 11.5 Å². The van der Waals surface area contributed by atoms with Crippen LogP contribution in [-0.4, -0.2) is 27.5 Å². The van der Waals surface area contributed by atoms with Crippen LogP contribution in [-0.2, 0) is 14.8 Å². The Balaban J connectivity index is 1.68. The number of ether oxygens (including phenoxy) is 2. The van der Waals surface area contributed by atoms with E-state index in [2.05, 4.69) is 10.0 Å². The van der Waals surface area contributed by atoms with Gasteiger partial charge < -0.3 is 14.8 Å². The fourth-order valence-electron chi connectivity index (χ4n) is 3.33. The standard InChI is InChI=1S/C25H28N2O5S/c1-16-6-11-24(31-5)23(15-16)27-33(29,30)22-9-7-20(8-10-22)26-25(28)19(4)32-21-13-17(2)12-18(3)14-21/h6-15,19,27H,1-5H3,(H,26,28)/t19-/m0/s1. The Morgan fingerprint density at radius 3 is 2.12 bits per heavy atom. The smallest absolute Gasteiger partial charge is 0.265 e. The first-order valence-corrected chi connectivity index (χ1v) is 11.9. The summed E-state index contributed by atoms with van der Waals surface area (Å²) < 4.78 is 39.2. The van der Waals surface area contributed by atoms with Gasteiger partial charge >= 0.3 is 0 Å². The number of carbonyl (C=O) groups is 1. The van der Waals surface area contributed by atoms with Gasteiger partial charge in [-0.1, -0.05) is 12.1 Å². The van der Waals surface area contributed by atoms with Crippen molar-refractivity contribution in [3.63, 3.8) is 0 Å². The minimum Gasteiger partial charge on any atom is -0.495 e. The molecule has 3 aromatic rings. The zero-order valence-electron chi connectivity index (χ0n) is 19.3. The highest BCUT2D eigenvalue weighted by atomic mass is 32.2. The first-order valence-electron chi connectivity index (χ1n) is 10.4. The second kappa shape index (κ2) is 9.95. The molecule has 33 heavy (non-hydrogen) atoms. The van der Waals surface area contributed by atoms with E-state index in [9.17, 15) is 13.2 Å². The van der Waals surface area contributed by atoms with E-state index in [1.54, 1.807) is 19.1 Å². The van der Waals surface area contributed by atoms with Crippen molar-refractivity contribution >= 4 is 27.3 Å². The lowest BCUT2D eigenvalue weighted by molar-refractivity contribution is -0.122. The number of aryl methyl sites for hydroxylation is 3. The molecule has 7 nitrogen and oxygen atoms in total. The van der Waals surface area contributed by atoms with Crippen molar-refractivity contribution < 1.29 is 22.7 Å². The van der Waals surface area contributed by atoms with Crippen LogP contribution in [0.5, 0.6) is 11.5 Å². The number of nitrogens with one attached hydrogen (secondary N) is 2. The molecule has 0 aromatic heterocycles. The molecule has 0 saturated heterocycles. The van der Waals surface area contributed by atoms with Crippen LogP contribution in [0.3, 0.4) is 0 Å². The summed E-state index contributed by atoms with van der Waals surface area (Å²) in [6.07, 6.45) is -0.731. The first-order chi connectivity index (χ1) is 15.6. The van der Waals surface area contributed by atoms with Gasteiger partial charge in [-0.2, -0.15) is 0 Å². The van der Waals surface area contributed by atoms with Crippen molar-refractivity contribution in [2.24, 2.45) is 0 Å². The average molecular weight is 469 g/mol. The second-order valence-electron chi connectivity index (χ2n) is 7.91. The molecule has 0 fully saturated rings. The maximum absolute atomic E-state index is 12.8. The number of amides is 1. The molecule has 3 aromatic carbocycles. The summed E-state index contributed by atoms with van der Waals surface area (Å²) in [6.45, 7) is 7.44. The summed E-state index contributed by atoms with van der Waals surface area (Å²) in [5, 5.41) is 2.75. The van der Waals surface area contributed by atoms with Crippen LogP contribution in [0, 0.1) is 20.8 Å². The minimum absolute atomic E-state index is 0.0589. The molecule has 0 heterocycles. The largest absolute Gasteiger partial charge is 0.495 e. The van der Waals surface area contributed by atoms with E-state index in [-0.39, 0.29) is 10.8 Å². The third kappa shape index (κ3) is 6.26. The van der Waals surface area contributed by atoms with Crippen molar-refractivity contribution in [2.45, 2.75) is 38.7 Å². The summed E-state index contributed by atoms with van der Waals surface area (Å²) in [5.41, 5.74) is 3.80. The van der Waals surface area contributed by atoms with Crippen LogP contribution in [0.2, 0.25) is 0 Å². The second-order valence-corrected chi connectivity index (χ2v) is 9.59. The first kappa shape index (κ1) is 24.1. The van der Waals surface area contributed by atoms with E-state index >= 15 is 0 Å². The normalized spacial score (nSPS) is 12.0. The molecule has 174 valence electrons. The van der Waals surface area contributed by atoms with Crippen LogP contribution in [0.1, 0.15) is 23.6 Å². The van der Waals surface area contributed by atoms with Crippen LogP contribution in [0.25, 0.3) is 0 Å². The molecule has 0 saturated carbocycles. The number of hydrogen-bond donors (Lipinski definition) is 2. The zero-order valence-corrected chi connectivity index (χ0v) is 20.1. The Kier molecular flexibility index (Phi) is 7.28. The van der Waals surface area contributed by atoms with Gasteiger partial charge in [0.25, 0.3) is 15.9 Å². The van der Waals surface area contributed by atoms with Crippen molar-refractivity contribution in [2.75, 3.05) is 17.1 Å². The van der Waals surface area contributed by atoms with Gasteiger partial charge in [-0.05, 0) is 92.9 Å². The van der Waals surface area contributed by atoms with E-state index in [1.807, 2.05) is 45.0 Å². The van der Waals surface area contributed by atoms with Gasteiger partial charge in [0.05, 0.1) is 17.7 Å². The molecule has 1 atom stereocenters. The van der Waals surface area contributed by atoms with Crippen LogP contribution >= 0.6 is 0 Å². The predicted molar refractivity (Wildman–Crippen MR) is 130 cm³/mol. The topological polar surface area (TPSA) is 93.7 Å². The number of hydrogen-bond acceptors (Lipinski definition) is 5. The van der Waals surface area contributed by atoms with Crippen LogP contribution in [0.4, 0.5) is 11.4 Å². The number of rotatable bonds is 8. The van der Waals surface area contributed by atoms with Crippen molar-refractivity contribution in [1.29, 1.82) is 0 Å². The molecule has 0 aliphatic rings. The van der Waals surface area contributed by atoms with E-state index in [1.165, 1.54) is 31.4 Å². The molecule has 0 radical (unpaired) electrons. The SMILES string of the molecule is COc1ccc(C)cc1NS(=O)(=O)c1ccc(NC(=O)[C@H](C)Oc2cc(C)cc(C)c2)cc1. The number of sulfonamides is 1. The van der Waals surface area contributed by atoms with Gasteiger partial charge in [-0.15, -0.1) is 0 Å². The Labute approximate surface area is 194 Å². The summed E-state index contributed by atoms with van der Waals surface area (Å²) >= 11 is 0. The molecule has 0 bridgehead atoms. The fourth-order valence-corrected chi connectivity index (χ4v) is 4.39. The Morgan fingerprint density at radius 1 is 0.879 bits per heavy atom. The Hall–Kier alpha value is -3.52. The average Bonchev–Trinajstić information content (AvgIpc) is 2.73. The summed E-state index contributed by atoms with van der Waals surface area (Å²) in [6, 6.07) is 16.9. The number of carbonyl (C=O) groups excluding carboxylic acids is 1. The van der Waals surface area contributed by atoms with Crippen LogP contribution < -0.4 is 19.5 Å². The summed E-state index contributed by atoms with van der Waals surface area (Å²) in [5.74, 6) is 0.701. The van der Waals surface area contributed by atoms with Gasteiger partial charge in [0.15, 0.2) is 6.10 Å². The summed E-state index contributed by atoms with van der Waals surface area (Å²) in [7, 11) is -2.36. The quantitative estimate of drug-likeness (QED) is 0.494. The molecule has 0 aliphatic carbocycles. The molecular weight excluding hydrogens is 440 g/mol. The fraction of sp³-hybridized carbons (Fsp3) is 0.240. The van der Waals surface area contributed by atoms with E-state index < -0.39 is 16.1 Å². The highest BCUT2D eigenvalue weighted by Gasteiger charge is 2.18. The molecule has 8 heteroatoms. The molecule has 1 amide bonds. The van der Waals surface area contributed by atoms with Crippen LogP contribution in [0.15, 0.2) is 65.6 Å². The molecule has 0 unspecified atom stereocenters. The lowest BCUT2D eigenvalue weighted by atomic mass is 10.1. The van der Waals surface area contributed by atoms with Gasteiger partial charge in [0, 0.05) is 5.69 Å². The highest BCUT2D eigenvalue weighted by molar-refractivity contribution is 7.92. The Bertz CT molecular complexity index is 1230. The van der Waals surface area contributed by atoms with Gasteiger partial charge in [0.2, 0.25) is 0 Å². The molecule has 3 rings (SSSR count). The Morgan fingerprint density at radius 2 is 1.52 bits per heavy atom. The van der Waals surface area contributed by atoms with Crippen molar-refractivity contribution in [3.05, 3.63) is 77.4 Å². The molecular formula is C25H28N2O5S. The maximum Gasteiger partial charge on any atom is 0.265 e. The number of anilines is 2. The highest BCUT2D eigenvalue weighted by Crippen LogP contribution is 2.28.